The standard InChI is InChI=1S/C18H22N4O5/c1-21(11-17(25)26-2)16(24)4-3-7-27-13-5-6-14-12(8-13)9-22-10-15(23)20-18(22)19-14/h5-6,8H,3-4,7,9-11H2,1-2H3,(H,19,20,23). The minimum atomic E-state index is -0.447. The topological polar surface area (TPSA) is 101 Å². The lowest BCUT2D eigenvalue weighted by atomic mass is 10.1. The fourth-order valence-electron chi connectivity index (χ4n) is 2.88. The maximum Gasteiger partial charge on any atom is 0.325 e. The van der Waals surface area contributed by atoms with Crippen molar-refractivity contribution in [2.45, 2.75) is 19.4 Å². The van der Waals surface area contributed by atoms with Crippen molar-refractivity contribution in [1.29, 1.82) is 0 Å². The van der Waals surface area contributed by atoms with Gasteiger partial charge in [0.2, 0.25) is 17.8 Å². The number of hydrogen-bond donors (Lipinski definition) is 1. The molecule has 0 aliphatic carbocycles. The summed E-state index contributed by atoms with van der Waals surface area (Å²) in [4.78, 5) is 42.2. The Labute approximate surface area is 156 Å². The van der Waals surface area contributed by atoms with E-state index in [4.69, 9.17) is 4.74 Å². The number of aliphatic imine (C=N–C) groups is 1. The summed E-state index contributed by atoms with van der Waals surface area (Å²) in [5, 5.41) is 2.73. The summed E-state index contributed by atoms with van der Waals surface area (Å²) < 4.78 is 10.3. The number of esters is 1. The summed E-state index contributed by atoms with van der Waals surface area (Å²) in [5.41, 5.74) is 1.80. The van der Waals surface area contributed by atoms with Gasteiger partial charge >= 0.3 is 5.97 Å². The van der Waals surface area contributed by atoms with Gasteiger partial charge in [0.15, 0.2) is 0 Å². The number of benzene rings is 1. The first-order valence-corrected chi connectivity index (χ1v) is 8.66. The molecule has 144 valence electrons. The Balaban J connectivity index is 1.47. The van der Waals surface area contributed by atoms with Gasteiger partial charge in [-0.1, -0.05) is 0 Å². The highest BCUT2D eigenvalue weighted by Gasteiger charge is 2.29. The maximum absolute atomic E-state index is 11.9. The molecule has 1 saturated heterocycles. The Morgan fingerprint density at radius 1 is 1.33 bits per heavy atom. The summed E-state index contributed by atoms with van der Waals surface area (Å²) in [6.45, 7) is 1.23. The number of methoxy groups -OCH3 is 1. The van der Waals surface area contributed by atoms with Crippen LogP contribution in [0.2, 0.25) is 0 Å². The zero-order chi connectivity index (χ0) is 19.4. The van der Waals surface area contributed by atoms with E-state index in [2.05, 4.69) is 15.0 Å². The molecule has 2 aliphatic heterocycles. The lowest BCUT2D eigenvalue weighted by Gasteiger charge is -2.23. The quantitative estimate of drug-likeness (QED) is 0.548. The highest BCUT2D eigenvalue weighted by atomic mass is 16.5. The molecule has 0 spiro atoms. The highest BCUT2D eigenvalue weighted by molar-refractivity contribution is 6.05. The van der Waals surface area contributed by atoms with Crippen LogP contribution < -0.4 is 10.1 Å². The molecule has 9 nitrogen and oxygen atoms in total. The minimum Gasteiger partial charge on any atom is -0.494 e. The van der Waals surface area contributed by atoms with E-state index >= 15 is 0 Å². The average molecular weight is 374 g/mol. The van der Waals surface area contributed by atoms with Crippen LogP contribution in [-0.2, 0) is 25.7 Å². The van der Waals surface area contributed by atoms with E-state index in [1.165, 1.54) is 12.0 Å². The first kappa shape index (κ1) is 18.7. The molecule has 1 N–H and O–H groups in total. The first-order valence-electron chi connectivity index (χ1n) is 8.66. The molecule has 0 aromatic heterocycles. The molecule has 3 rings (SSSR count). The van der Waals surface area contributed by atoms with E-state index in [-0.39, 0.29) is 24.8 Å². The van der Waals surface area contributed by atoms with Crippen molar-refractivity contribution in [3.8, 4) is 5.75 Å². The summed E-state index contributed by atoms with van der Waals surface area (Å²) >= 11 is 0. The van der Waals surface area contributed by atoms with Gasteiger partial charge in [-0.05, 0) is 24.6 Å². The summed E-state index contributed by atoms with van der Waals surface area (Å²) in [7, 11) is 2.85. The molecular formula is C18H22N4O5. The Kier molecular flexibility index (Phi) is 5.58. The molecule has 1 aromatic rings. The Morgan fingerprint density at radius 3 is 2.93 bits per heavy atom. The van der Waals surface area contributed by atoms with Crippen LogP contribution in [-0.4, -0.2) is 67.4 Å². The maximum atomic E-state index is 11.9. The predicted molar refractivity (Wildman–Crippen MR) is 96.5 cm³/mol. The van der Waals surface area contributed by atoms with Crippen molar-refractivity contribution in [3.63, 3.8) is 0 Å². The van der Waals surface area contributed by atoms with Gasteiger partial charge in [0.05, 0.1) is 19.4 Å². The number of fused-ring (bicyclic) bond motifs is 2. The number of nitrogens with zero attached hydrogens (tertiary/aromatic N) is 3. The van der Waals surface area contributed by atoms with Crippen LogP contribution in [0.4, 0.5) is 5.69 Å². The third kappa shape index (κ3) is 4.55. The van der Waals surface area contributed by atoms with Crippen molar-refractivity contribution in [1.82, 2.24) is 15.1 Å². The van der Waals surface area contributed by atoms with Gasteiger partial charge in [-0.2, -0.15) is 0 Å². The molecule has 2 aliphatic rings. The van der Waals surface area contributed by atoms with Gasteiger partial charge in [0.25, 0.3) is 0 Å². The van der Waals surface area contributed by atoms with E-state index in [1.807, 2.05) is 23.1 Å². The van der Waals surface area contributed by atoms with Gasteiger partial charge in [-0.25, -0.2) is 4.99 Å². The molecule has 1 fully saturated rings. The number of rotatable bonds is 7. The molecule has 0 unspecified atom stereocenters. The van der Waals surface area contributed by atoms with Crippen LogP contribution in [0.3, 0.4) is 0 Å². The molecule has 0 atom stereocenters. The van der Waals surface area contributed by atoms with Gasteiger partial charge in [-0.3, -0.25) is 19.7 Å². The van der Waals surface area contributed by atoms with E-state index in [9.17, 15) is 14.4 Å². The third-order valence-electron chi connectivity index (χ3n) is 4.35. The molecule has 1 aromatic carbocycles. The summed E-state index contributed by atoms with van der Waals surface area (Å²) in [6.07, 6.45) is 0.821. The van der Waals surface area contributed by atoms with Crippen molar-refractivity contribution < 1.29 is 23.9 Å². The minimum absolute atomic E-state index is 0.0557. The predicted octanol–water partition coefficient (Wildman–Crippen LogP) is 0.410. The second kappa shape index (κ2) is 8.07. The second-order valence-corrected chi connectivity index (χ2v) is 6.41. The lowest BCUT2D eigenvalue weighted by molar-refractivity contribution is -0.146. The smallest absolute Gasteiger partial charge is 0.325 e. The van der Waals surface area contributed by atoms with Gasteiger partial charge in [0.1, 0.15) is 18.8 Å². The Bertz CT molecular complexity index is 792. The number of hydrogen-bond acceptors (Lipinski definition) is 7. The molecular weight excluding hydrogens is 352 g/mol. The second-order valence-electron chi connectivity index (χ2n) is 6.41. The van der Waals surface area contributed by atoms with Crippen LogP contribution in [0.1, 0.15) is 18.4 Å². The van der Waals surface area contributed by atoms with E-state index < -0.39 is 5.97 Å². The number of carbonyl (C=O) groups excluding carboxylic acids is 3. The molecule has 0 radical (unpaired) electrons. The Hall–Kier alpha value is -3.10. The van der Waals surface area contributed by atoms with Crippen LogP contribution in [0.25, 0.3) is 0 Å². The van der Waals surface area contributed by atoms with Crippen LogP contribution in [0.5, 0.6) is 5.75 Å². The summed E-state index contributed by atoms with van der Waals surface area (Å²) in [6, 6.07) is 5.58. The number of likely N-dealkylation sites (N-methyl/N-ethyl adjacent to an activating group) is 1. The van der Waals surface area contributed by atoms with Crippen molar-refractivity contribution in [2.24, 2.45) is 4.99 Å². The number of nitrogens with one attached hydrogen (secondary N) is 1. The van der Waals surface area contributed by atoms with Gasteiger partial charge in [0, 0.05) is 25.6 Å². The van der Waals surface area contributed by atoms with E-state index in [0.29, 0.717) is 37.8 Å². The van der Waals surface area contributed by atoms with Crippen LogP contribution in [0, 0.1) is 0 Å². The first-order chi connectivity index (χ1) is 13.0. The third-order valence-corrected chi connectivity index (χ3v) is 4.35. The molecule has 0 saturated carbocycles. The number of amides is 2. The molecule has 27 heavy (non-hydrogen) atoms. The monoisotopic (exact) mass is 374 g/mol. The average Bonchev–Trinajstić information content (AvgIpc) is 3.01. The van der Waals surface area contributed by atoms with E-state index in [1.54, 1.807) is 7.05 Å². The fraction of sp³-hybridized carbons (Fsp3) is 0.444. The SMILES string of the molecule is COC(=O)CN(C)C(=O)CCCOc1ccc2c(c1)CN1CC(=O)NC1=N2. The number of carbonyl (C=O) groups is 3. The fourth-order valence-corrected chi connectivity index (χ4v) is 2.88. The van der Waals surface area contributed by atoms with Crippen molar-refractivity contribution in [3.05, 3.63) is 23.8 Å². The zero-order valence-corrected chi connectivity index (χ0v) is 15.4. The highest BCUT2D eigenvalue weighted by Crippen LogP contribution is 2.30. The largest absolute Gasteiger partial charge is 0.494 e. The van der Waals surface area contributed by atoms with Crippen molar-refractivity contribution in [2.75, 3.05) is 33.9 Å². The number of guanidine groups is 1. The Morgan fingerprint density at radius 2 is 2.15 bits per heavy atom. The summed E-state index contributed by atoms with van der Waals surface area (Å²) in [5.74, 6) is 0.649. The van der Waals surface area contributed by atoms with Crippen molar-refractivity contribution >= 4 is 29.4 Å². The normalized spacial score (nSPS) is 14.7. The van der Waals surface area contributed by atoms with E-state index in [0.717, 1.165) is 11.3 Å². The molecule has 2 amide bonds. The molecule has 0 bridgehead atoms. The zero-order valence-electron chi connectivity index (χ0n) is 15.4. The van der Waals surface area contributed by atoms with Crippen LogP contribution >= 0.6 is 0 Å². The van der Waals surface area contributed by atoms with Gasteiger partial charge in [-0.15, -0.1) is 0 Å². The molecule has 2 heterocycles. The molecule has 9 heteroatoms. The lowest BCUT2D eigenvalue weighted by Crippen LogP contribution is -2.32. The van der Waals surface area contributed by atoms with Crippen LogP contribution in [0.15, 0.2) is 23.2 Å². The number of ether oxygens (including phenoxy) is 2. The van der Waals surface area contributed by atoms with Gasteiger partial charge < -0.3 is 19.3 Å².